The Morgan fingerprint density at radius 1 is 1.11 bits per heavy atom. The molecule has 0 unspecified atom stereocenters. The Bertz CT molecular complexity index is 950. The molecule has 0 spiro atoms. The maximum absolute atomic E-state index is 10.0. The molecule has 1 radical (unpaired) electrons. The number of aliphatic hydroxyl groups is 1. The van der Waals surface area contributed by atoms with Gasteiger partial charge in [0.05, 0.1) is 5.76 Å². The van der Waals surface area contributed by atoms with Crippen molar-refractivity contribution in [2.45, 2.75) is 27.7 Å². The van der Waals surface area contributed by atoms with Gasteiger partial charge in [0.1, 0.15) is 0 Å². The fourth-order valence-corrected chi connectivity index (χ4v) is 2.94. The third-order valence-electron chi connectivity index (χ3n) is 3.99. The first-order chi connectivity index (χ1) is 12.8. The quantitative estimate of drug-likeness (QED) is 0.275. The van der Waals surface area contributed by atoms with E-state index in [1.165, 1.54) is 42.2 Å². The number of carbonyl (C=O) groups is 1. The summed E-state index contributed by atoms with van der Waals surface area (Å²) in [6.07, 6.45) is 3.13. The van der Waals surface area contributed by atoms with Crippen LogP contribution in [-0.2, 0) is 31.9 Å². The molecule has 0 aliphatic heterocycles. The van der Waals surface area contributed by atoms with Gasteiger partial charge >= 0.3 is 0 Å². The summed E-state index contributed by atoms with van der Waals surface area (Å²) in [4.78, 5) is 10.0. The van der Waals surface area contributed by atoms with Gasteiger partial charge in [0.25, 0.3) is 0 Å². The van der Waals surface area contributed by atoms with E-state index in [0.717, 1.165) is 11.3 Å². The van der Waals surface area contributed by atoms with Crippen molar-refractivity contribution >= 4 is 5.78 Å². The molecule has 0 saturated heterocycles. The molecule has 0 saturated carbocycles. The number of nitrogens with zero attached hydrogens (tertiary/aromatic N) is 2. The van der Waals surface area contributed by atoms with Crippen LogP contribution in [-0.4, -0.2) is 20.7 Å². The van der Waals surface area contributed by atoms with Gasteiger partial charge in [0, 0.05) is 45.1 Å². The smallest absolute Gasteiger partial charge is 0.155 e. The number of aliphatic hydroxyl groups excluding tert-OH is 1. The number of aromatic nitrogens is 2. The van der Waals surface area contributed by atoms with Crippen LogP contribution in [0.25, 0.3) is 22.4 Å². The van der Waals surface area contributed by atoms with Crippen molar-refractivity contribution in [1.82, 2.24) is 9.78 Å². The Morgan fingerprint density at radius 3 is 2.21 bits per heavy atom. The summed E-state index contributed by atoms with van der Waals surface area (Å²) >= 11 is 0. The summed E-state index contributed by atoms with van der Waals surface area (Å²) < 4.78 is 1.82. The topological polar surface area (TPSA) is 55.1 Å². The number of benzene rings is 2. The fourth-order valence-electron chi connectivity index (χ4n) is 2.94. The number of allylic oxidation sites excluding steroid dienone is 2. The summed E-state index contributed by atoms with van der Waals surface area (Å²) in [6, 6.07) is 17.9. The molecule has 1 heterocycles. The second-order valence-corrected chi connectivity index (χ2v) is 6.50. The van der Waals surface area contributed by atoms with Crippen LogP contribution in [0.3, 0.4) is 0 Å². The van der Waals surface area contributed by atoms with E-state index < -0.39 is 0 Å². The van der Waals surface area contributed by atoms with E-state index >= 15 is 0 Å². The van der Waals surface area contributed by atoms with E-state index in [9.17, 15) is 4.79 Å². The third-order valence-corrected chi connectivity index (χ3v) is 3.99. The molecular formula is C23H25IrN2O2-. The van der Waals surface area contributed by atoms with Crippen LogP contribution in [0.4, 0.5) is 0 Å². The predicted molar refractivity (Wildman–Crippen MR) is 109 cm³/mol. The molecule has 2 aromatic carbocycles. The Balaban J connectivity index is 0.000000425. The predicted octanol–water partition coefficient (Wildman–Crippen LogP) is 5.21. The minimum absolute atomic E-state index is 0. The van der Waals surface area contributed by atoms with Crippen LogP contribution >= 0.6 is 0 Å². The number of carbonyl (C=O) groups excluding carboxylic acids is 1. The molecule has 28 heavy (non-hydrogen) atoms. The molecule has 0 amide bonds. The monoisotopic (exact) mass is 554 g/mol. The van der Waals surface area contributed by atoms with Crippen molar-refractivity contribution in [3.8, 4) is 22.4 Å². The van der Waals surface area contributed by atoms with E-state index in [1.54, 1.807) is 0 Å². The van der Waals surface area contributed by atoms with Gasteiger partial charge in [-0.15, -0.1) is 29.8 Å². The molecule has 0 fully saturated rings. The molecule has 149 valence electrons. The van der Waals surface area contributed by atoms with Crippen molar-refractivity contribution in [1.29, 1.82) is 0 Å². The van der Waals surface area contributed by atoms with E-state index in [0.29, 0.717) is 0 Å². The fraction of sp³-hybridized carbons (Fsp3) is 0.217. The van der Waals surface area contributed by atoms with Crippen LogP contribution in [0.5, 0.6) is 0 Å². The van der Waals surface area contributed by atoms with Crippen molar-refractivity contribution in [3.63, 3.8) is 0 Å². The molecule has 3 aromatic rings. The van der Waals surface area contributed by atoms with E-state index in [-0.39, 0.29) is 31.6 Å². The first-order valence-corrected chi connectivity index (χ1v) is 8.74. The summed E-state index contributed by atoms with van der Waals surface area (Å²) in [5, 5.41) is 12.9. The van der Waals surface area contributed by atoms with Crippen molar-refractivity contribution < 1.29 is 30.0 Å². The zero-order chi connectivity index (χ0) is 20.0. The van der Waals surface area contributed by atoms with Crippen LogP contribution in [0.2, 0.25) is 0 Å². The van der Waals surface area contributed by atoms with Crippen LogP contribution < -0.4 is 0 Å². The number of ketones is 1. The number of hydrogen-bond acceptors (Lipinski definition) is 3. The Morgan fingerprint density at radius 2 is 1.75 bits per heavy atom. The summed E-state index contributed by atoms with van der Waals surface area (Å²) in [7, 11) is 1.94. The minimum Gasteiger partial charge on any atom is -0.512 e. The average molecular weight is 554 g/mol. The van der Waals surface area contributed by atoms with Gasteiger partial charge in [0.15, 0.2) is 5.78 Å². The average Bonchev–Trinajstić information content (AvgIpc) is 3.01. The second kappa shape index (κ2) is 10.7. The summed E-state index contributed by atoms with van der Waals surface area (Å²) in [5.41, 5.74) is 7.06. The van der Waals surface area contributed by atoms with Gasteiger partial charge in [-0.05, 0) is 27.7 Å². The summed E-state index contributed by atoms with van der Waals surface area (Å²) in [6.45, 7) is 7.15. The zero-order valence-corrected chi connectivity index (χ0v) is 19.2. The minimum atomic E-state index is -0.125. The van der Waals surface area contributed by atoms with E-state index in [1.807, 2.05) is 36.1 Å². The van der Waals surface area contributed by atoms with Gasteiger partial charge in [-0.25, -0.2) is 5.10 Å². The number of hydrogen-bond donors (Lipinski definition) is 1. The first-order valence-electron chi connectivity index (χ1n) is 8.74. The molecule has 0 bridgehead atoms. The second-order valence-electron chi connectivity index (χ2n) is 6.50. The van der Waals surface area contributed by atoms with Crippen LogP contribution in [0.1, 0.15) is 25.0 Å². The number of aryl methyl sites for hydroxylation is 3. The summed E-state index contributed by atoms with van der Waals surface area (Å²) in [5.74, 6) is -0.0625. The van der Waals surface area contributed by atoms with E-state index in [4.69, 9.17) is 5.11 Å². The molecule has 4 nitrogen and oxygen atoms in total. The molecule has 1 aromatic heterocycles. The Hall–Kier alpha value is -2.49. The molecule has 3 rings (SSSR count). The molecule has 1 N–H and O–H groups in total. The maximum atomic E-state index is 10.0. The molecular weight excluding hydrogens is 528 g/mol. The standard InChI is InChI=1S/C18H17N2.C5H8O2.Ir/c1-13-7-6-8-14(2)18(13)16-10-5-4-9-15(16)17-11-12-20(3)19-17;1-4(6)3-5(2)7;/h4-8,10-12H,1-3H3;3,6H,1-2H3;/q-1;;/b;4-3-;. The maximum Gasteiger partial charge on any atom is 0.155 e. The van der Waals surface area contributed by atoms with Crippen LogP contribution in [0, 0.1) is 19.9 Å². The van der Waals surface area contributed by atoms with Crippen molar-refractivity contribution in [2.75, 3.05) is 0 Å². The molecule has 0 atom stereocenters. The number of rotatable bonds is 3. The van der Waals surface area contributed by atoms with Crippen molar-refractivity contribution in [3.05, 3.63) is 77.7 Å². The van der Waals surface area contributed by atoms with E-state index in [2.05, 4.69) is 49.3 Å². The van der Waals surface area contributed by atoms with Gasteiger partial charge in [0.2, 0.25) is 0 Å². The largest absolute Gasteiger partial charge is 0.512 e. The van der Waals surface area contributed by atoms with Crippen molar-refractivity contribution in [2.24, 2.45) is 7.05 Å². The Labute approximate surface area is 180 Å². The molecule has 0 aliphatic carbocycles. The van der Waals surface area contributed by atoms with Gasteiger partial charge in [-0.3, -0.25) is 9.48 Å². The van der Waals surface area contributed by atoms with Gasteiger partial charge < -0.3 is 5.11 Å². The molecule has 0 aliphatic rings. The normalized spacial score (nSPS) is 10.5. The first kappa shape index (κ1) is 23.5. The Kier molecular flexibility index (Phi) is 9.04. The van der Waals surface area contributed by atoms with Gasteiger partial charge in [-0.1, -0.05) is 46.5 Å². The molecule has 5 heteroatoms. The SMILES string of the molecule is CC(=O)/C=C(/C)O.Cc1cccc(C)c1-c1ccc[c-]c1-c1ccn(C)n1.[Ir]. The van der Waals surface area contributed by atoms with Crippen LogP contribution in [0.15, 0.2) is 60.5 Å². The third kappa shape index (κ3) is 6.29. The zero-order valence-electron chi connectivity index (χ0n) is 16.8. The van der Waals surface area contributed by atoms with Gasteiger partial charge in [-0.2, -0.15) is 0 Å².